The van der Waals surface area contributed by atoms with Crippen molar-refractivity contribution in [2.45, 2.75) is 24.9 Å². The van der Waals surface area contributed by atoms with Crippen LogP contribution in [0.25, 0.3) is 11.3 Å². The van der Waals surface area contributed by atoms with Crippen LogP contribution in [0.4, 0.5) is 0 Å². The van der Waals surface area contributed by atoms with E-state index in [4.69, 9.17) is 27.2 Å². The molecule has 1 heterocycles. The van der Waals surface area contributed by atoms with Crippen molar-refractivity contribution in [3.05, 3.63) is 105 Å². The maximum Gasteiger partial charge on any atom is 0.242 e. The fourth-order valence-corrected chi connectivity index (χ4v) is 5.01. The van der Waals surface area contributed by atoms with Crippen LogP contribution in [0.5, 0.6) is 5.75 Å². The third-order valence-corrected chi connectivity index (χ3v) is 7.10. The fraction of sp³-hybridized carbons (Fsp3) is 0.214. The summed E-state index contributed by atoms with van der Waals surface area (Å²) >= 11 is 8.70. The van der Waals surface area contributed by atoms with Gasteiger partial charge in [0.2, 0.25) is 5.91 Å². The third kappa shape index (κ3) is 6.70. The number of H-pyrrole nitrogens is 1. The summed E-state index contributed by atoms with van der Waals surface area (Å²) in [7, 11) is 0. The van der Waals surface area contributed by atoms with Gasteiger partial charge in [0.05, 0.1) is 29.6 Å². The number of nitrogens with one attached hydrogen (secondary N) is 2. The zero-order chi connectivity index (χ0) is 26.4. The zero-order valence-electron chi connectivity index (χ0n) is 20.2. The Morgan fingerprint density at radius 2 is 1.86 bits per heavy atom. The first kappa shape index (κ1) is 27.1. The summed E-state index contributed by atoms with van der Waals surface area (Å²) in [6.07, 6.45) is 1.73. The molecule has 0 saturated carbocycles. The van der Waals surface area contributed by atoms with Crippen molar-refractivity contribution < 1.29 is 14.6 Å². The molecule has 0 fully saturated rings. The highest BCUT2D eigenvalue weighted by Crippen LogP contribution is 2.33. The van der Waals surface area contributed by atoms with Gasteiger partial charge in [0, 0.05) is 15.1 Å². The summed E-state index contributed by atoms with van der Waals surface area (Å²) in [5.41, 5.74) is 9.63. The lowest BCUT2D eigenvalue weighted by Gasteiger charge is -2.25. The molecule has 0 radical (unpaired) electrons. The Morgan fingerprint density at radius 3 is 2.54 bits per heavy atom. The van der Waals surface area contributed by atoms with E-state index < -0.39 is 12.1 Å². The summed E-state index contributed by atoms with van der Waals surface area (Å²) in [6, 6.07) is 21.3. The van der Waals surface area contributed by atoms with E-state index in [1.165, 1.54) is 0 Å². The number of aromatic nitrogens is 2. The predicted molar refractivity (Wildman–Crippen MR) is 153 cm³/mol. The van der Waals surface area contributed by atoms with Crippen LogP contribution >= 0.6 is 34.2 Å². The van der Waals surface area contributed by atoms with E-state index >= 15 is 0 Å². The van der Waals surface area contributed by atoms with Gasteiger partial charge in [-0.2, -0.15) is 0 Å². The van der Waals surface area contributed by atoms with Gasteiger partial charge in [-0.25, -0.2) is 4.98 Å². The van der Waals surface area contributed by atoms with Crippen LogP contribution in [-0.2, 0) is 4.79 Å². The number of nitrogens with zero attached hydrogens (tertiary/aromatic N) is 1. The molecule has 9 heteroatoms. The van der Waals surface area contributed by atoms with Crippen LogP contribution in [0.15, 0.2) is 79.0 Å². The van der Waals surface area contributed by atoms with Crippen molar-refractivity contribution >= 4 is 40.1 Å². The molecule has 4 rings (SSSR count). The average Bonchev–Trinajstić information content (AvgIpc) is 3.40. The van der Waals surface area contributed by atoms with Gasteiger partial charge < -0.3 is 25.9 Å². The highest BCUT2D eigenvalue weighted by Gasteiger charge is 2.28. The molecule has 3 aromatic carbocycles. The van der Waals surface area contributed by atoms with E-state index in [0.29, 0.717) is 22.2 Å². The summed E-state index contributed by atoms with van der Waals surface area (Å²) in [4.78, 5) is 21.3. The molecule has 1 amide bonds. The molecule has 0 aliphatic heterocycles. The number of hydrogen-bond acceptors (Lipinski definition) is 5. The lowest BCUT2D eigenvalue weighted by atomic mass is 9.92. The number of ether oxygens (including phenoxy) is 1. The number of rotatable bonds is 10. The molecule has 0 spiro atoms. The third-order valence-electron chi connectivity index (χ3n) is 6.12. The summed E-state index contributed by atoms with van der Waals surface area (Å²) in [5, 5.41) is 12.7. The minimum absolute atomic E-state index is 0.0745. The Morgan fingerprint density at radius 1 is 1.14 bits per heavy atom. The van der Waals surface area contributed by atoms with Crippen molar-refractivity contribution in [3.8, 4) is 17.0 Å². The molecule has 0 bridgehead atoms. The van der Waals surface area contributed by atoms with Crippen molar-refractivity contribution in [2.75, 3.05) is 13.2 Å². The van der Waals surface area contributed by atoms with Gasteiger partial charge >= 0.3 is 0 Å². The number of aliphatic hydroxyl groups excluding tert-OH is 1. The van der Waals surface area contributed by atoms with Gasteiger partial charge in [0.15, 0.2) is 0 Å². The average molecular weight is 631 g/mol. The van der Waals surface area contributed by atoms with Crippen molar-refractivity contribution in [1.29, 1.82) is 0 Å². The number of aromatic amines is 1. The number of imidazole rings is 1. The molecule has 0 aliphatic rings. The Hall–Kier alpha value is -2.92. The second-order valence-corrected chi connectivity index (χ2v) is 10.3. The smallest absolute Gasteiger partial charge is 0.242 e. The van der Waals surface area contributed by atoms with Crippen molar-refractivity contribution in [1.82, 2.24) is 15.3 Å². The van der Waals surface area contributed by atoms with Gasteiger partial charge in [0.1, 0.15) is 24.2 Å². The Balaban J connectivity index is 1.59. The number of halogens is 2. The molecule has 5 N–H and O–H groups in total. The second-order valence-electron chi connectivity index (χ2n) is 8.61. The summed E-state index contributed by atoms with van der Waals surface area (Å²) in [6.45, 7) is 2.16. The first-order chi connectivity index (χ1) is 17.9. The van der Waals surface area contributed by atoms with E-state index in [9.17, 15) is 4.79 Å². The van der Waals surface area contributed by atoms with Crippen LogP contribution in [-0.4, -0.2) is 34.2 Å². The Kier molecular flexibility index (Phi) is 9.20. The van der Waals surface area contributed by atoms with Crippen LogP contribution in [0.3, 0.4) is 0 Å². The van der Waals surface area contributed by atoms with Gasteiger partial charge in [-0.05, 0) is 58.0 Å². The molecule has 37 heavy (non-hydrogen) atoms. The monoisotopic (exact) mass is 630 g/mol. The van der Waals surface area contributed by atoms with Gasteiger partial charge in [0.25, 0.3) is 0 Å². The van der Waals surface area contributed by atoms with Crippen LogP contribution in [0.1, 0.15) is 41.9 Å². The van der Waals surface area contributed by atoms with E-state index in [1.807, 2.05) is 55.5 Å². The molecule has 3 atom stereocenters. The molecule has 0 aliphatic carbocycles. The molecular formula is C28H28ClIN4O3. The maximum absolute atomic E-state index is 13.3. The number of carbonyl (C=O) groups is 1. The first-order valence-corrected chi connectivity index (χ1v) is 13.3. The number of aliphatic hydroxyl groups is 1. The standard InChI is InChI=1S/C28H28ClIN4O3/c1-17(18-5-3-2-4-6-18)26(27-32-16-24(33-27)22-12-9-20(30)15-23(22)29)34-28(36)25(31)19-7-10-21(11-8-19)37-14-13-35/h2-12,15-17,25-26,35H,13-14,31H2,1H3,(H,32,33)(H,34,36)/t17-,25-,26+/m1/s1. The minimum Gasteiger partial charge on any atom is -0.491 e. The van der Waals surface area contributed by atoms with Gasteiger partial charge in [-0.15, -0.1) is 0 Å². The molecule has 0 unspecified atom stereocenters. The topological polar surface area (TPSA) is 113 Å². The van der Waals surface area contributed by atoms with Gasteiger partial charge in [-0.1, -0.05) is 67.1 Å². The SMILES string of the molecule is C[C@H](c1ccccc1)[C@H](NC(=O)[C@H](N)c1ccc(OCCO)cc1)c1ncc(-c2ccc(I)cc2Cl)[nH]1. The summed E-state index contributed by atoms with van der Waals surface area (Å²) in [5.74, 6) is 0.771. The van der Waals surface area contributed by atoms with Crippen LogP contribution in [0.2, 0.25) is 5.02 Å². The highest BCUT2D eigenvalue weighted by molar-refractivity contribution is 14.1. The molecule has 7 nitrogen and oxygen atoms in total. The second kappa shape index (κ2) is 12.6. The number of benzene rings is 3. The van der Waals surface area contributed by atoms with Gasteiger partial charge in [-0.3, -0.25) is 4.79 Å². The molecule has 0 saturated heterocycles. The molecular weight excluding hydrogens is 603 g/mol. The van der Waals surface area contributed by atoms with E-state index in [2.05, 4.69) is 37.9 Å². The van der Waals surface area contributed by atoms with E-state index in [-0.39, 0.29) is 25.0 Å². The number of hydrogen-bond donors (Lipinski definition) is 4. The summed E-state index contributed by atoms with van der Waals surface area (Å²) < 4.78 is 6.43. The first-order valence-electron chi connectivity index (χ1n) is 11.8. The number of nitrogens with two attached hydrogens (primary N) is 1. The zero-order valence-corrected chi connectivity index (χ0v) is 23.1. The maximum atomic E-state index is 13.3. The fourth-order valence-electron chi connectivity index (χ4n) is 4.05. The normalized spacial score (nSPS) is 13.5. The van der Waals surface area contributed by atoms with E-state index in [0.717, 1.165) is 20.4 Å². The van der Waals surface area contributed by atoms with Crippen molar-refractivity contribution in [2.24, 2.45) is 5.73 Å². The number of amides is 1. The van der Waals surface area contributed by atoms with Crippen molar-refractivity contribution in [3.63, 3.8) is 0 Å². The Bertz CT molecular complexity index is 1330. The predicted octanol–water partition coefficient (Wildman–Crippen LogP) is 5.37. The minimum atomic E-state index is -0.891. The molecule has 192 valence electrons. The quantitative estimate of drug-likeness (QED) is 0.176. The lowest BCUT2D eigenvalue weighted by Crippen LogP contribution is -2.39. The lowest BCUT2D eigenvalue weighted by molar-refractivity contribution is -0.123. The van der Waals surface area contributed by atoms with Crippen LogP contribution < -0.4 is 15.8 Å². The molecule has 4 aromatic rings. The molecule has 1 aromatic heterocycles. The van der Waals surface area contributed by atoms with Crippen LogP contribution in [0, 0.1) is 3.57 Å². The van der Waals surface area contributed by atoms with E-state index in [1.54, 1.807) is 30.5 Å². The number of carbonyl (C=O) groups excluding carboxylic acids is 1. The highest BCUT2D eigenvalue weighted by atomic mass is 127. The largest absolute Gasteiger partial charge is 0.491 e. The Labute approximate surface area is 234 Å².